The number of aryl methyl sites for hydroxylation is 2. The van der Waals surface area contributed by atoms with Gasteiger partial charge in [-0.05, 0) is 36.4 Å². The van der Waals surface area contributed by atoms with E-state index in [1.54, 1.807) is 23.2 Å². The maximum Gasteiger partial charge on any atom is 0.326 e. The van der Waals surface area contributed by atoms with Crippen molar-refractivity contribution in [3.05, 3.63) is 57.4 Å². The first kappa shape index (κ1) is 17.4. The number of nitrogens with zero attached hydrogens (tertiary/aromatic N) is 2. The molecule has 4 aromatic rings. The highest BCUT2D eigenvalue weighted by Crippen LogP contribution is 2.15. The van der Waals surface area contributed by atoms with Gasteiger partial charge < -0.3 is 20.6 Å². The fourth-order valence-corrected chi connectivity index (χ4v) is 2.77. The molecule has 0 unspecified atom stereocenters. The number of hydrogen-bond acceptors (Lipinski definition) is 4. The van der Waals surface area contributed by atoms with Gasteiger partial charge in [-0.1, -0.05) is 0 Å². The van der Waals surface area contributed by atoms with Crippen molar-refractivity contribution < 1.29 is 0 Å². The second-order valence-corrected chi connectivity index (χ2v) is 5.94. The minimum atomic E-state index is -0.0803. The molecule has 0 radical (unpaired) electrons. The number of H-pyrrole nitrogens is 2. The minimum absolute atomic E-state index is 0.0803. The number of anilines is 2. The summed E-state index contributed by atoms with van der Waals surface area (Å²) in [4.78, 5) is 28.0. The molecule has 2 heterocycles. The van der Waals surface area contributed by atoms with Gasteiger partial charge in [0.15, 0.2) is 0 Å². The molecule has 136 valence electrons. The number of aromatic nitrogens is 4. The van der Waals surface area contributed by atoms with Gasteiger partial charge in [0, 0.05) is 39.6 Å². The van der Waals surface area contributed by atoms with Crippen LogP contribution in [0.25, 0.3) is 22.1 Å². The summed E-state index contributed by atoms with van der Waals surface area (Å²) in [7, 11) is 7.20. The predicted octanol–water partition coefficient (Wildman–Crippen LogP) is 1.82. The molecule has 0 amide bonds. The Morgan fingerprint density at radius 1 is 0.731 bits per heavy atom. The standard InChI is InChI=1S/2C9H11N3O/c1-10-6-3-4-8-7(5-6)11-9(13)12(8)2;1-10-6-3-4-7-8(5-6)12(2)9(13)11-7/h2*3-5,10H,1-2H3,(H,11,13). The molecule has 4 rings (SSSR count). The van der Waals surface area contributed by atoms with E-state index in [4.69, 9.17) is 0 Å². The zero-order chi connectivity index (χ0) is 18.8. The number of nitrogens with one attached hydrogen (secondary N) is 4. The SMILES string of the molecule is CNc1ccc2[nH]c(=O)n(C)c2c1.CNc1ccc2c(c1)[nH]c(=O)n2C. The quantitative estimate of drug-likeness (QED) is 0.441. The Balaban J connectivity index is 0.000000151. The molecular formula is C18H22N6O2. The van der Waals surface area contributed by atoms with Gasteiger partial charge >= 0.3 is 11.4 Å². The zero-order valence-electron chi connectivity index (χ0n) is 15.2. The summed E-state index contributed by atoms with van der Waals surface area (Å²) in [6, 6.07) is 11.5. The van der Waals surface area contributed by atoms with Crippen LogP contribution in [-0.4, -0.2) is 33.2 Å². The predicted molar refractivity (Wildman–Crippen MR) is 106 cm³/mol. The monoisotopic (exact) mass is 354 g/mol. The van der Waals surface area contributed by atoms with E-state index in [9.17, 15) is 9.59 Å². The number of benzene rings is 2. The molecule has 2 aromatic heterocycles. The summed E-state index contributed by atoms with van der Waals surface area (Å²) < 4.78 is 3.19. The van der Waals surface area contributed by atoms with Crippen molar-refractivity contribution in [1.82, 2.24) is 19.1 Å². The van der Waals surface area contributed by atoms with Crippen LogP contribution >= 0.6 is 0 Å². The Labute approximate surface area is 149 Å². The van der Waals surface area contributed by atoms with Crippen LogP contribution in [0.3, 0.4) is 0 Å². The van der Waals surface area contributed by atoms with Gasteiger partial charge in [0.2, 0.25) is 0 Å². The van der Waals surface area contributed by atoms with Gasteiger partial charge in [0.05, 0.1) is 22.1 Å². The lowest BCUT2D eigenvalue weighted by Gasteiger charge is -1.99. The van der Waals surface area contributed by atoms with Gasteiger partial charge in [0.25, 0.3) is 0 Å². The van der Waals surface area contributed by atoms with Crippen LogP contribution in [0.15, 0.2) is 46.0 Å². The first-order valence-electron chi connectivity index (χ1n) is 8.17. The van der Waals surface area contributed by atoms with Crippen LogP contribution in [0, 0.1) is 0 Å². The third-order valence-corrected chi connectivity index (χ3v) is 4.39. The van der Waals surface area contributed by atoms with Gasteiger partial charge in [0.1, 0.15) is 0 Å². The molecule has 26 heavy (non-hydrogen) atoms. The van der Waals surface area contributed by atoms with Gasteiger partial charge in [-0.25, -0.2) is 9.59 Å². The Hall–Kier alpha value is -3.42. The largest absolute Gasteiger partial charge is 0.388 e. The van der Waals surface area contributed by atoms with Crippen molar-refractivity contribution in [2.75, 3.05) is 24.7 Å². The van der Waals surface area contributed by atoms with Gasteiger partial charge in [-0.3, -0.25) is 9.13 Å². The normalized spacial score (nSPS) is 10.6. The van der Waals surface area contributed by atoms with Crippen molar-refractivity contribution in [2.24, 2.45) is 14.1 Å². The van der Waals surface area contributed by atoms with E-state index in [-0.39, 0.29) is 11.4 Å². The molecule has 2 aromatic carbocycles. The van der Waals surface area contributed by atoms with Gasteiger partial charge in [-0.15, -0.1) is 0 Å². The Morgan fingerprint density at radius 3 is 1.92 bits per heavy atom. The molecular weight excluding hydrogens is 332 g/mol. The maximum absolute atomic E-state index is 11.2. The zero-order valence-corrected chi connectivity index (χ0v) is 15.2. The molecule has 0 bridgehead atoms. The highest BCUT2D eigenvalue weighted by Gasteiger charge is 2.03. The first-order chi connectivity index (χ1) is 12.4. The van der Waals surface area contributed by atoms with E-state index in [1.807, 2.05) is 50.5 Å². The van der Waals surface area contributed by atoms with E-state index >= 15 is 0 Å². The van der Waals surface area contributed by atoms with Crippen molar-refractivity contribution in [3.8, 4) is 0 Å². The summed E-state index contributed by atoms with van der Waals surface area (Å²) in [5.74, 6) is 0. The smallest absolute Gasteiger partial charge is 0.326 e. The Kier molecular flexibility index (Phi) is 4.57. The number of rotatable bonds is 2. The molecule has 4 N–H and O–H groups in total. The Bertz CT molecular complexity index is 1180. The first-order valence-corrected chi connectivity index (χ1v) is 8.17. The molecule has 0 atom stereocenters. The molecule has 0 spiro atoms. The fraction of sp³-hybridized carbons (Fsp3) is 0.222. The van der Waals surface area contributed by atoms with Crippen molar-refractivity contribution in [2.45, 2.75) is 0 Å². The maximum atomic E-state index is 11.2. The summed E-state index contributed by atoms with van der Waals surface area (Å²) in [5.41, 5.74) is 5.40. The Morgan fingerprint density at radius 2 is 1.27 bits per heavy atom. The van der Waals surface area contributed by atoms with Crippen molar-refractivity contribution in [3.63, 3.8) is 0 Å². The average Bonchev–Trinajstić information content (AvgIpc) is 3.10. The average molecular weight is 354 g/mol. The highest BCUT2D eigenvalue weighted by molar-refractivity contribution is 5.80. The lowest BCUT2D eigenvalue weighted by atomic mass is 10.3. The van der Waals surface area contributed by atoms with Crippen molar-refractivity contribution >= 4 is 33.4 Å². The lowest BCUT2D eigenvalue weighted by Crippen LogP contribution is -2.11. The van der Waals surface area contributed by atoms with Crippen LogP contribution < -0.4 is 22.0 Å². The molecule has 8 nitrogen and oxygen atoms in total. The summed E-state index contributed by atoms with van der Waals surface area (Å²) in [6.45, 7) is 0. The minimum Gasteiger partial charge on any atom is -0.388 e. The molecule has 0 aliphatic heterocycles. The second-order valence-electron chi connectivity index (χ2n) is 5.94. The molecule has 8 heteroatoms. The van der Waals surface area contributed by atoms with Crippen LogP contribution in [0.1, 0.15) is 0 Å². The van der Waals surface area contributed by atoms with E-state index < -0.39 is 0 Å². The molecule has 0 aliphatic rings. The number of imidazole rings is 2. The van der Waals surface area contributed by atoms with Gasteiger partial charge in [-0.2, -0.15) is 0 Å². The van der Waals surface area contributed by atoms with Crippen LogP contribution in [0.5, 0.6) is 0 Å². The van der Waals surface area contributed by atoms with E-state index in [0.717, 1.165) is 33.4 Å². The third-order valence-electron chi connectivity index (χ3n) is 4.39. The topological polar surface area (TPSA) is 99.6 Å². The van der Waals surface area contributed by atoms with E-state index in [1.165, 1.54) is 0 Å². The van der Waals surface area contributed by atoms with E-state index in [0.29, 0.717) is 0 Å². The van der Waals surface area contributed by atoms with Crippen LogP contribution in [0.4, 0.5) is 11.4 Å². The summed E-state index contributed by atoms with van der Waals surface area (Å²) in [5, 5.41) is 6.04. The van der Waals surface area contributed by atoms with E-state index in [2.05, 4.69) is 20.6 Å². The summed E-state index contributed by atoms with van der Waals surface area (Å²) in [6.07, 6.45) is 0. The van der Waals surface area contributed by atoms with Crippen LogP contribution in [0.2, 0.25) is 0 Å². The molecule has 0 aliphatic carbocycles. The van der Waals surface area contributed by atoms with Crippen LogP contribution in [-0.2, 0) is 14.1 Å². The summed E-state index contributed by atoms with van der Waals surface area (Å²) >= 11 is 0. The highest BCUT2D eigenvalue weighted by atomic mass is 16.1. The molecule has 0 saturated carbocycles. The molecule has 0 fully saturated rings. The number of hydrogen-bond donors (Lipinski definition) is 4. The second kappa shape index (κ2) is 6.83. The lowest BCUT2D eigenvalue weighted by molar-refractivity contribution is 0.891. The fourth-order valence-electron chi connectivity index (χ4n) is 2.77. The molecule has 0 saturated heterocycles. The van der Waals surface area contributed by atoms with Crippen molar-refractivity contribution in [1.29, 1.82) is 0 Å². The number of fused-ring (bicyclic) bond motifs is 2. The number of aromatic amines is 2. The third kappa shape index (κ3) is 3.08.